The van der Waals surface area contributed by atoms with Crippen molar-refractivity contribution in [3.8, 4) is 0 Å². The summed E-state index contributed by atoms with van der Waals surface area (Å²) in [4.78, 5) is 12.8. The minimum Gasteiger partial charge on any atom is -0.361 e. The Morgan fingerprint density at radius 2 is 1.88 bits per heavy atom. The lowest BCUT2D eigenvalue weighted by atomic mass is 9.68. The summed E-state index contributed by atoms with van der Waals surface area (Å²) >= 11 is 0. The fourth-order valence-electron chi connectivity index (χ4n) is 5.76. The van der Waals surface area contributed by atoms with Crippen molar-refractivity contribution >= 4 is 5.78 Å². The zero-order valence-corrected chi connectivity index (χ0v) is 15.9. The average molecular weight is 358 g/mol. The Balaban J connectivity index is 1.36. The molecule has 0 N–H and O–H groups in total. The van der Waals surface area contributed by atoms with Crippen LogP contribution >= 0.6 is 0 Å². The van der Waals surface area contributed by atoms with Crippen molar-refractivity contribution in [2.24, 2.45) is 11.8 Å². The molecule has 2 aliphatic carbocycles. The number of ketones is 1. The van der Waals surface area contributed by atoms with E-state index in [2.05, 4.69) is 6.92 Å². The van der Waals surface area contributed by atoms with E-state index in [0.717, 1.165) is 63.4 Å². The number of carbonyl (C=O) groups excluding carboxylic acids is 1. The van der Waals surface area contributed by atoms with Gasteiger partial charge in [0.2, 0.25) is 0 Å². The lowest BCUT2D eigenvalue weighted by molar-refractivity contribution is -0.211. The minimum absolute atomic E-state index is 0.0625. The molecule has 1 heterocycles. The first kappa shape index (κ1) is 18.2. The summed E-state index contributed by atoms with van der Waals surface area (Å²) in [6.45, 7) is 2.11. The van der Waals surface area contributed by atoms with Crippen molar-refractivity contribution < 1.29 is 13.9 Å². The molecule has 3 fully saturated rings. The first-order valence-electron chi connectivity index (χ1n) is 10.5. The van der Waals surface area contributed by atoms with Gasteiger partial charge in [-0.3, -0.25) is 4.79 Å². The molecule has 3 heteroatoms. The molecule has 0 aromatic heterocycles. The monoisotopic (exact) mass is 358 g/mol. The van der Waals surface area contributed by atoms with Crippen LogP contribution in [0.25, 0.3) is 0 Å². The highest BCUT2D eigenvalue weighted by Crippen LogP contribution is 2.51. The average Bonchev–Trinajstić information content (AvgIpc) is 3.08. The van der Waals surface area contributed by atoms with E-state index in [4.69, 9.17) is 4.74 Å². The lowest BCUT2D eigenvalue weighted by Crippen LogP contribution is -2.57. The van der Waals surface area contributed by atoms with E-state index in [1.807, 2.05) is 6.07 Å². The molecule has 26 heavy (non-hydrogen) atoms. The largest absolute Gasteiger partial charge is 0.361 e. The number of benzene rings is 1. The smallest absolute Gasteiger partial charge is 0.167 e. The van der Waals surface area contributed by atoms with Crippen molar-refractivity contribution in [3.63, 3.8) is 0 Å². The highest BCUT2D eigenvalue weighted by Gasteiger charge is 2.55. The van der Waals surface area contributed by atoms with Crippen LogP contribution in [0.5, 0.6) is 0 Å². The number of rotatable bonds is 3. The van der Waals surface area contributed by atoms with Crippen LogP contribution in [0.4, 0.5) is 4.39 Å². The van der Waals surface area contributed by atoms with Gasteiger partial charge in [-0.1, -0.05) is 19.1 Å². The molecule has 1 unspecified atom stereocenters. The molecule has 1 atom stereocenters. The van der Waals surface area contributed by atoms with Crippen LogP contribution in [0.15, 0.2) is 24.3 Å². The molecule has 1 saturated heterocycles. The Morgan fingerprint density at radius 3 is 2.58 bits per heavy atom. The topological polar surface area (TPSA) is 26.3 Å². The summed E-state index contributed by atoms with van der Waals surface area (Å²) < 4.78 is 20.0. The third-order valence-corrected chi connectivity index (χ3v) is 7.14. The van der Waals surface area contributed by atoms with Gasteiger partial charge in [0, 0.05) is 5.92 Å². The highest BCUT2D eigenvalue weighted by atomic mass is 19.1. The van der Waals surface area contributed by atoms with Crippen molar-refractivity contribution in [2.45, 2.75) is 88.8 Å². The third kappa shape index (κ3) is 3.47. The SMILES string of the molecule is CC1CC2(CCC(CCc3cccc(F)c3)CC2)OC2(CCCC2)C1=O. The van der Waals surface area contributed by atoms with Crippen LogP contribution in [-0.4, -0.2) is 17.0 Å². The van der Waals surface area contributed by atoms with Gasteiger partial charge in [-0.2, -0.15) is 0 Å². The van der Waals surface area contributed by atoms with Gasteiger partial charge >= 0.3 is 0 Å². The quantitative estimate of drug-likeness (QED) is 0.700. The van der Waals surface area contributed by atoms with Crippen LogP contribution in [0.3, 0.4) is 0 Å². The van der Waals surface area contributed by atoms with Crippen LogP contribution in [0, 0.1) is 17.7 Å². The maximum Gasteiger partial charge on any atom is 0.167 e. The molecular formula is C23H31FO2. The Kier molecular flexibility index (Phi) is 4.94. The standard InChI is InChI=1S/C23H31FO2/c1-17-16-22(26-23(21(17)25)11-2-3-12-23)13-9-18(10-14-22)7-8-19-5-4-6-20(24)15-19/h4-6,15,17-18H,2-3,7-14,16H2,1H3. The molecule has 0 radical (unpaired) electrons. The first-order valence-corrected chi connectivity index (χ1v) is 10.5. The normalized spacial score (nSPS) is 33.8. The molecule has 3 aliphatic rings. The summed E-state index contributed by atoms with van der Waals surface area (Å²) in [6, 6.07) is 6.99. The summed E-state index contributed by atoms with van der Waals surface area (Å²) in [6.07, 6.45) is 11.6. The second-order valence-electron chi connectivity index (χ2n) is 9.07. The van der Waals surface area contributed by atoms with Crippen LogP contribution < -0.4 is 0 Å². The van der Waals surface area contributed by atoms with Crippen LogP contribution in [-0.2, 0) is 16.0 Å². The van der Waals surface area contributed by atoms with E-state index in [-0.39, 0.29) is 17.3 Å². The van der Waals surface area contributed by atoms with Gasteiger partial charge < -0.3 is 4.74 Å². The first-order chi connectivity index (χ1) is 12.5. The van der Waals surface area contributed by atoms with E-state index in [1.54, 1.807) is 12.1 Å². The van der Waals surface area contributed by atoms with Crippen molar-refractivity contribution in [2.75, 3.05) is 0 Å². The Labute approximate surface area is 156 Å². The summed E-state index contributed by atoms with van der Waals surface area (Å²) in [5, 5.41) is 0. The van der Waals surface area contributed by atoms with Crippen molar-refractivity contribution in [1.82, 2.24) is 0 Å². The predicted molar refractivity (Wildman–Crippen MR) is 100 cm³/mol. The molecule has 2 spiro atoms. The molecule has 0 bridgehead atoms. The fourth-order valence-corrected chi connectivity index (χ4v) is 5.76. The lowest BCUT2D eigenvalue weighted by Gasteiger charge is -2.51. The predicted octanol–water partition coefficient (Wildman–Crippen LogP) is 5.63. The zero-order chi connectivity index (χ0) is 18.2. The molecule has 1 aromatic carbocycles. The number of Topliss-reactive ketones (excluding diaryl/α,β-unsaturated/α-hetero) is 1. The number of carbonyl (C=O) groups is 1. The van der Waals surface area contributed by atoms with Crippen molar-refractivity contribution in [1.29, 1.82) is 0 Å². The van der Waals surface area contributed by atoms with Gasteiger partial charge in [0.15, 0.2) is 5.78 Å². The molecule has 2 saturated carbocycles. The number of hydrogen-bond acceptors (Lipinski definition) is 2. The van der Waals surface area contributed by atoms with Gasteiger partial charge in [0.25, 0.3) is 0 Å². The summed E-state index contributed by atoms with van der Waals surface area (Å²) in [7, 11) is 0. The molecule has 2 nitrogen and oxygen atoms in total. The van der Waals surface area contributed by atoms with E-state index in [0.29, 0.717) is 11.7 Å². The highest BCUT2D eigenvalue weighted by molar-refractivity contribution is 5.90. The van der Waals surface area contributed by atoms with Crippen LogP contribution in [0.2, 0.25) is 0 Å². The van der Waals surface area contributed by atoms with Gasteiger partial charge in [0.1, 0.15) is 11.4 Å². The number of ether oxygens (including phenoxy) is 1. The van der Waals surface area contributed by atoms with E-state index in [9.17, 15) is 9.18 Å². The van der Waals surface area contributed by atoms with Crippen molar-refractivity contribution in [3.05, 3.63) is 35.6 Å². The van der Waals surface area contributed by atoms with E-state index >= 15 is 0 Å². The molecule has 1 aliphatic heterocycles. The van der Waals surface area contributed by atoms with Gasteiger partial charge in [-0.05, 0) is 94.2 Å². The molecule has 4 rings (SSSR count). The second kappa shape index (κ2) is 7.07. The van der Waals surface area contributed by atoms with E-state index in [1.165, 1.54) is 18.9 Å². The Hall–Kier alpha value is -1.22. The van der Waals surface area contributed by atoms with Gasteiger partial charge in [0.05, 0.1) is 5.60 Å². The third-order valence-electron chi connectivity index (χ3n) is 7.14. The summed E-state index contributed by atoms with van der Waals surface area (Å²) in [5.74, 6) is 1.07. The van der Waals surface area contributed by atoms with Gasteiger partial charge in [-0.25, -0.2) is 4.39 Å². The number of aryl methyl sites for hydroxylation is 1. The zero-order valence-electron chi connectivity index (χ0n) is 15.9. The number of hydrogen-bond donors (Lipinski definition) is 0. The molecule has 0 amide bonds. The Morgan fingerprint density at radius 1 is 1.15 bits per heavy atom. The summed E-state index contributed by atoms with van der Waals surface area (Å²) in [5.41, 5.74) is 0.586. The second-order valence-corrected chi connectivity index (χ2v) is 9.07. The Bertz CT molecular complexity index is 654. The van der Waals surface area contributed by atoms with E-state index < -0.39 is 5.60 Å². The number of halogens is 1. The minimum atomic E-state index is -0.452. The molecule has 1 aromatic rings. The molecular weight excluding hydrogens is 327 g/mol. The maximum absolute atomic E-state index is 13.3. The van der Waals surface area contributed by atoms with Crippen LogP contribution in [0.1, 0.15) is 76.7 Å². The van der Waals surface area contributed by atoms with Gasteiger partial charge in [-0.15, -0.1) is 0 Å². The maximum atomic E-state index is 13.3. The molecule has 142 valence electrons. The fraction of sp³-hybridized carbons (Fsp3) is 0.696.